The van der Waals surface area contributed by atoms with Crippen molar-refractivity contribution in [2.45, 2.75) is 127 Å². The highest BCUT2D eigenvalue weighted by Crippen LogP contribution is 2.48. The fraction of sp³-hybridized carbons (Fsp3) is 0.585. The number of allylic oxidation sites excluding steroid dienone is 1. The Morgan fingerprint density at radius 1 is 0.922 bits per heavy atom. The number of nitrogens with zero attached hydrogens (tertiary/aromatic N) is 1. The van der Waals surface area contributed by atoms with Crippen LogP contribution in [0.15, 0.2) is 72.8 Å². The highest BCUT2D eigenvalue weighted by Gasteiger charge is 2.60. The summed E-state index contributed by atoms with van der Waals surface area (Å²) in [7, 11) is 1.39. The zero-order valence-electron chi connectivity index (χ0n) is 30.7. The molecule has 51 heavy (non-hydrogen) atoms. The number of unbranched alkanes of at least 4 members (excludes halogenated alkanes) is 8. The van der Waals surface area contributed by atoms with E-state index >= 15 is 0 Å². The first-order valence-corrected chi connectivity index (χ1v) is 18.9. The van der Waals surface area contributed by atoms with E-state index in [1.54, 1.807) is 6.08 Å². The normalized spacial score (nSPS) is 17.8. The molecule has 1 saturated heterocycles. The second-order valence-electron chi connectivity index (χ2n) is 14.1. The van der Waals surface area contributed by atoms with E-state index in [9.17, 15) is 28.6 Å². The van der Waals surface area contributed by atoms with Crippen LogP contribution in [0.5, 0.6) is 0 Å². The van der Waals surface area contributed by atoms with E-state index in [-0.39, 0.29) is 37.0 Å². The zero-order chi connectivity index (χ0) is 37.5. The molecule has 10 heteroatoms. The number of carbonyl (C=O) groups is 2. The molecule has 0 aromatic heterocycles. The molecule has 1 aliphatic heterocycles. The van der Waals surface area contributed by atoms with E-state index in [1.165, 1.54) is 18.1 Å². The Morgan fingerprint density at radius 2 is 1.45 bits per heavy atom. The van der Waals surface area contributed by atoms with Crippen LogP contribution in [-0.4, -0.2) is 63.4 Å². The number of amides is 1. The van der Waals surface area contributed by atoms with E-state index in [0.29, 0.717) is 38.5 Å². The number of ether oxygens (including phenoxy) is 2. The molecule has 2 aromatic carbocycles. The molecular formula is C41H57F2NO6S. The van der Waals surface area contributed by atoms with Gasteiger partial charge in [0, 0.05) is 44.1 Å². The van der Waals surface area contributed by atoms with Gasteiger partial charge in [0.2, 0.25) is 11.8 Å². The fourth-order valence-corrected chi connectivity index (χ4v) is 7.46. The topological polar surface area (TPSA) is 96.3 Å². The quantitative estimate of drug-likeness (QED) is 0.0669. The second-order valence-corrected chi connectivity index (χ2v) is 14.4. The molecular weight excluding hydrogens is 673 g/mol. The van der Waals surface area contributed by atoms with Gasteiger partial charge in [-0.15, -0.1) is 0 Å². The van der Waals surface area contributed by atoms with Gasteiger partial charge in [-0.1, -0.05) is 132 Å². The van der Waals surface area contributed by atoms with Crippen molar-refractivity contribution in [1.29, 1.82) is 0 Å². The average molecular weight is 730 g/mol. The van der Waals surface area contributed by atoms with E-state index in [1.807, 2.05) is 74.5 Å². The minimum absolute atomic E-state index is 0.0641. The second kappa shape index (κ2) is 20.1. The Bertz CT molecular complexity index is 1370. The van der Waals surface area contributed by atoms with Crippen molar-refractivity contribution in [2.75, 3.05) is 13.7 Å². The summed E-state index contributed by atoms with van der Waals surface area (Å²) in [6, 6.07) is 18.3. The number of thiocarbonyl (C=S) groups is 1. The van der Waals surface area contributed by atoms with Crippen molar-refractivity contribution in [3.63, 3.8) is 0 Å². The minimum atomic E-state index is -2.64. The number of hydrogen-bond acceptors (Lipinski definition) is 6. The lowest BCUT2D eigenvalue weighted by Gasteiger charge is -2.39. The SMILES string of the molecule is CCCCCCCC(F)(F)CCCCCCC=C[C@H](C(=O)N1C(=S)OC(c2ccccc2)(c2ccccc2)[C@@H]1C(C)C)[C@@](O)(CCOC)C(=O)O. The van der Waals surface area contributed by atoms with Crippen molar-refractivity contribution >= 4 is 29.3 Å². The molecule has 1 amide bonds. The van der Waals surface area contributed by atoms with Crippen LogP contribution in [-0.2, 0) is 24.7 Å². The molecule has 0 radical (unpaired) electrons. The third-order valence-corrected chi connectivity index (χ3v) is 10.2. The zero-order valence-corrected chi connectivity index (χ0v) is 31.5. The van der Waals surface area contributed by atoms with Crippen molar-refractivity contribution in [3.05, 3.63) is 83.9 Å². The van der Waals surface area contributed by atoms with Crippen molar-refractivity contribution in [1.82, 2.24) is 4.90 Å². The number of halogens is 2. The summed E-state index contributed by atoms with van der Waals surface area (Å²) in [5, 5.41) is 21.9. The molecule has 1 heterocycles. The number of aliphatic hydroxyl groups is 1. The molecule has 0 aliphatic carbocycles. The van der Waals surface area contributed by atoms with Crippen LogP contribution in [0.4, 0.5) is 8.78 Å². The summed E-state index contributed by atoms with van der Waals surface area (Å²) < 4.78 is 40.4. The number of carbonyl (C=O) groups excluding carboxylic acids is 1. The lowest BCUT2D eigenvalue weighted by Crippen LogP contribution is -2.57. The molecule has 0 saturated carbocycles. The highest BCUT2D eigenvalue weighted by atomic mass is 32.1. The van der Waals surface area contributed by atoms with Gasteiger partial charge in [-0.3, -0.25) is 9.69 Å². The van der Waals surface area contributed by atoms with Crippen molar-refractivity contribution < 1.29 is 38.1 Å². The fourth-order valence-electron chi connectivity index (χ4n) is 7.13. The van der Waals surface area contributed by atoms with E-state index in [4.69, 9.17) is 21.7 Å². The predicted molar refractivity (Wildman–Crippen MR) is 201 cm³/mol. The number of hydrogen-bond donors (Lipinski definition) is 2. The van der Waals surface area contributed by atoms with Crippen LogP contribution in [0, 0.1) is 11.8 Å². The number of carboxylic acids is 1. The summed E-state index contributed by atoms with van der Waals surface area (Å²) in [6.45, 7) is 5.90. The largest absolute Gasteiger partial charge is 0.479 e. The maximum absolute atomic E-state index is 14.7. The van der Waals surface area contributed by atoms with Gasteiger partial charge in [-0.05, 0) is 43.8 Å². The van der Waals surface area contributed by atoms with Gasteiger partial charge in [-0.25, -0.2) is 13.6 Å². The van der Waals surface area contributed by atoms with Gasteiger partial charge in [0.1, 0.15) is 0 Å². The third-order valence-electron chi connectivity index (χ3n) is 9.89. The number of alkyl halides is 2. The van der Waals surface area contributed by atoms with Gasteiger partial charge in [0.05, 0.1) is 12.0 Å². The minimum Gasteiger partial charge on any atom is -0.479 e. The van der Waals surface area contributed by atoms with Gasteiger partial charge in [0.25, 0.3) is 5.17 Å². The molecule has 1 fully saturated rings. The van der Waals surface area contributed by atoms with Gasteiger partial charge in [-0.2, -0.15) is 0 Å². The summed E-state index contributed by atoms with van der Waals surface area (Å²) in [4.78, 5) is 28.8. The van der Waals surface area contributed by atoms with E-state index < -0.39 is 41.0 Å². The Morgan fingerprint density at radius 3 is 1.94 bits per heavy atom. The standard InChI is InChI=1S/C41H57F2NO6S/c1-5-6-7-11-20-27-39(42,43)28-21-12-9-8-10-19-26-34(40(48,37(46)47)29-30-49-4)36(45)44-35(31(2)3)41(50-38(44)51,32-22-15-13-16-23-32)33-24-17-14-18-25-33/h13-19,22-26,31,34-35,48H,5-12,20-21,27-30H2,1-4H3,(H,46,47)/t34-,35+,40+/m1/s1. The number of aliphatic carboxylic acids is 1. The number of methoxy groups -OCH3 is 1. The van der Waals surface area contributed by atoms with Crippen LogP contribution in [0.2, 0.25) is 0 Å². The average Bonchev–Trinajstić information content (AvgIpc) is 3.44. The lowest BCUT2D eigenvalue weighted by molar-refractivity contribution is -0.170. The molecule has 0 bridgehead atoms. The van der Waals surface area contributed by atoms with Crippen LogP contribution < -0.4 is 0 Å². The van der Waals surface area contributed by atoms with Crippen LogP contribution in [0.3, 0.4) is 0 Å². The summed E-state index contributed by atoms with van der Waals surface area (Å²) in [6.07, 6.45) is 10.1. The van der Waals surface area contributed by atoms with Crippen molar-refractivity contribution in [2.24, 2.45) is 11.8 Å². The van der Waals surface area contributed by atoms with E-state index in [0.717, 1.165) is 36.8 Å². The smallest absolute Gasteiger partial charge is 0.336 e. The first-order chi connectivity index (χ1) is 24.4. The Balaban J connectivity index is 1.82. The lowest BCUT2D eigenvalue weighted by atomic mass is 9.75. The molecule has 3 rings (SSSR count). The third kappa shape index (κ3) is 10.9. The van der Waals surface area contributed by atoms with Crippen LogP contribution in [0.25, 0.3) is 0 Å². The molecule has 2 aromatic rings. The van der Waals surface area contributed by atoms with E-state index in [2.05, 4.69) is 6.92 Å². The molecule has 1 aliphatic rings. The summed E-state index contributed by atoms with van der Waals surface area (Å²) in [5.74, 6) is -6.63. The maximum atomic E-state index is 14.7. The Hall–Kier alpha value is -3.21. The van der Waals surface area contributed by atoms with Crippen LogP contribution in [0.1, 0.15) is 115 Å². The maximum Gasteiger partial charge on any atom is 0.336 e. The molecule has 282 valence electrons. The monoisotopic (exact) mass is 729 g/mol. The summed E-state index contributed by atoms with van der Waals surface area (Å²) >= 11 is 5.77. The highest BCUT2D eigenvalue weighted by molar-refractivity contribution is 7.80. The Kier molecular flexibility index (Phi) is 16.7. The van der Waals surface area contributed by atoms with Gasteiger partial charge < -0.3 is 19.7 Å². The first-order valence-electron chi connectivity index (χ1n) is 18.5. The van der Waals surface area contributed by atoms with Gasteiger partial charge in [0.15, 0.2) is 11.2 Å². The van der Waals surface area contributed by atoms with Crippen molar-refractivity contribution in [3.8, 4) is 0 Å². The number of benzene rings is 2. The van der Waals surface area contributed by atoms with Gasteiger partial charge >= 0.3 is 5.97 Å². The Labute approximate surface area is 308 Å². The molecule has 7 nitrogen and oxygen atoms in total. The molecule has 2 N–H and O–H groups in total. The molecule has 0 unspecified atom stereocenters. The summed E-state index contributed by atoms with van der Waals surface area (Å²) in [5.41, 5.74) is -2.15. The predicted octanol–water partition coefficient (Wildman–Crippen LogP) is 9.46. The first kappa shape index (κ1) is 42.2. The molecule has 0 spiro atoms. The van der Waals surface area contributed by atoms with Crippen LogP contribution >= 0.6 is 12.2 Å². The molecule has 3 atom stereocenters. The number of carboxylic acid groups (broad SMARTS) is 1. The number of rotatable bonds is 23.